The second-order valence-electron chi connectivity index (χ2n) is 3.81. The zero-order chi connectivity index (χ0) is 12.7. The minimum absolute atomic E-state index is 0.338. The van der Waals surface area contributed by atoms with Crippen LogP contribution >= 0.6 is 0 Å². The molecule has 0 heterocycles. The van der Waals surface area contributed by atoms with E-state index in [-0.39, 0.29) is 5.97 Å². The molecule has 0 saturated heterocycles. The Hall–Kier alpha value is -1.55. The Morgan fingerprint density at radius 3 is 2.76 bits per heavy atom. The maximum Gasteiger partial charge on any atom is 0.338 e. The van der Waals surface area contributed by atoms with Crippen molar-refractivity contribution in [1.29, 1.82) is 0 Å². The van der Waals surface area contributed by atoms with Crippen molar-refractivity contribution < 1.29 is 14.3 Å². The molecule has 2 N–H and O–H groups in total. The summed E-state index contributed by atoms with van der Waals surface area (Å²) < 4.78 is 10.2. The lowest BCUT2D eigenvalue weighted by Gasteiger charge is -2.09. The lowest BCUT2D eigenvalue weighted by atomic mass is 10.1. The highest BCUT2D eigenvalue weighted by atomic mass is 16.5. The van der Waals surface area contributed by atoms with E-state index in [4.69, 9.17) is 15.2 Å². The molecule has 0 radical (unpaired) electrons. The van der Waals surface area contributed by atoms with Crippen molar-refractivity contribution in [1.82, 2.24) is 0 Å². The molecule has 0 fully saturated rings. The first-order chi connectivity index (χ1) is 8.19. The molecule has 4 nitrogen and oxygen atoms in total. The molecule has 0 aliphatic rings. The zero-order valence-electron chi connectivity index (χ0n) is 10.4. The summed E-state index contributed by atoms with van der Waals surface area (Å²) in [7, 11) is 1.37. The lowest BCUT2D eigenvalue weighted by Crippen LogP contribution is -2.06. The number of hydrogen-bond acceptors (Lipinski definition) is 4. The highest BCUT2D eigenvalue weighted by molar-refractivity contribution is 5.91. The van der Waals surface area contributed by atoms with E-state index in [2.05, 4.69) is 0 Å². The predicted octanol–water partition coefficient (Wildman–Crippen LogP) is 1.90. The molecular formula is C13H19NO3. The van der Waals surface area contributed by atoms with Crippen LogP contribution in [0.2, 0.25) is 0 Å². The van der Waals surface area contributed by atoms with Gasteiger partial charge >= 0.3 is 5.97 Å². The average molecular weight is 237 g/mol. The maximum absolute atomic E-state index is 11.5. The zero-order valence-corrected chi connectivity index (χ0v) is 10.4. The minimum atomic E-state index is -0.338. The number of hydrogen-bond donors (Lipinski definition) is 1. The van der Waals surface area contributed by atoms with Crippen molar-refractivity contribution in [2.75, 3.05) is 20.3 Å². The van der Waals surface area contributed by atoms with Gasteiger partial charge in [0.1, 0.15) is 5.75 Å². The fraction of sp³-hybridized carbons (Fsp3) is 0.462. The molecule has 0 aliphatic carbocycles. The van der Waals surface area contributed by atoms with Crippen molar-refractivity contribution in [2.45, 2.75) is 19.8 Å². The van der Waals surface area contributed by atoms with E-state index < -0.39 is 0 Å². The van der Waals surface area contributed by atoms with E-state index in [1.54, 1.807) is 6.07 Å². The van der Waals surface area contributed by atoms with Gasteiger partial charge in [0, 0.05) is 0 Å². The fourth-order valence-electron chi connectivity index (χ4n) is 1.46. The highest BCUT2D eigenvalue weighted by Gasteiger charge is 2.10. The van der Waals surface area contributed by atoms with Crippen molar-refractivity contribution in [2.24, 2.45) is 5.73 Å². The number of methoxy groups -OCH3 is 1. The molecule has 1 rings (SSSR count). The number of esters is 1. The molecule has 0 bridgehead atoms. The number of unbranched alkanes of at least 4 members (excludes halogenated alkanes) is 1. The normalized spacial score (nSPS) is 10.1. The number of aryl methyl sites for hydroxylation is 1. The molecule has 0 unspecified atom stereocenters. The lowest BCUT2D eigenvalue weighted by molar-refractivity contribution is 0.0599. The molecule has 0 saturated carbocycles. The van der Waals surface area contributed by atoms with Gasteiger partial charge < -0.3 is 15.2 Å². The number of nitrogens with two attached hydrogens (primary N) is 1. The van der Waals surface area contributed by atoms with Gasteiger partial charge in [0.15, 0.2) is 0 Å². The second-order valence-corrected chi connectivity index (χ2v) is 3.81. The summed E-state index contributed by atoms with van der Waals surface area (Å²) in [5.41, 5.74) is 6.82. The summed E-state index contributed by atoms with van der Waals surface area (Å²) in [6.07, 6.45) is 1.85. The van der Waals surface area contributed by atoms with Crippen LogP contribution < -0.4 is 10.5 Å². The average Bonchev–Trinajstić information content (AvgIpc) is 2.35. The summed E-state index contributed by atoms with van der Waals surface area (Å²) in [6, 6.07) is 5.42. The van der Waals surface area contributed by atoms with E-state index in [1.807, 2.05) is 19.1 Å². The SMILES string of the molecule is COC(=O)c1cc(OCCCCN)ccc1C. The summed E-state index contributed by atoms with van der Waals surface area (Å²) in [5.74, 6) is 0.350. The van der Waals surface area contributed by atoms with E-state index in [0.717, 1.165) is 18.4 Å². The fourth-order valence-corrected chi connectivity index (χ4v) is 1.46. The summed E-state index contributed by atoms with van der Waals surface area (Å²) in [5, 5.41) is 0. The molecule has 0 atom stereocenters. The Labute approximate surface area is 102 Å². The molecule has 0 aliphatic heterocycles. The predicted molar refractivity (Wildman–Crippen MR) is 66.3 cm³/mol. The van der Waals surface area contributed by atoms with Crippen LogP contribution in [0, 0.1) is 6.92 Å². The first-order valence-corrected chi connectivity index (χ1v) is 5.71. The highest BCUT2D eigenvalue weighted by Crippen LogP contribution is 2.18. The van der Waals surface area contributed by atoms with Gasteiger partial charge in [-0.15, -0.1) is 0 Å². The third kappa shape index (κ3) is 4.07. The van der Waals surface area contributed by atoms with Crippen LogP contribution in [0.5, 0.6) is 5.75 Å². The molecule has 0 aromatic heterocycles. The smallest absolute Gasteiger partial charge is 0.338 e. The summed E-state index contributed by atoms with van der Waals surface area (Å²) in [4.78, 5) is 11.5. The van der Waals surface area contributed by atoms with E-state index in [9.17, 15) is 4.79 Å². The Bertz CT molecular complexity index is 377. The standard InChI is InChI=1S/C13H19NO3/c1-10-5-6-11(17-8-4-3-7-14)9-12(10)13(15)16-2/h5-6,9H,3-4,7-8,14H2,1-2H3. The van der Waals surface area contributed by atoms with Gasteiger partial charge in [-0.3, -0.25) is 0 Å². The van der Waals surface area contributed by atoms with Crippen molar-refractivity contribution in [3.05, 3.63) is 29.3 Å². The Balaban J connectivity index is 2.65. The molecule has 17 heavy (non-hydrogen) atoms. The van der Waals surface area contributed by atoms with Crippen LogP contribution in [0.15, 0.2) is 18.2 Å². The Morgan fingerprint density at radius 1 is 1.35 bits per heavy atom. The van der Waals surface area contributed by atoms with Crippen LogP contribution in [0.4, 0.5) is 0 Å². The molecule has 94 valence electrons. The van der Waals surface area contributed by atoms with Crippen molar-refractivity contribution in [3.63, 3.8) is 0 Å². The van der Waals surface area contributed by atoms with Gasteiger partial charge in [0.05, 0.1) is 19.3 Å². The summed E-state index contributed by atoms with van der Waals surface area (Å²) >= 11 is 0. The van der Waals surface area contributed by atoms with Gasteiger partial charge in [-0.25, -0.2) is 4.79 Å². The van der Waals surface area contributed by atoms with Crippen LogP contribution in [-0.4, -0.2) is 26.2 Å². The molecule has 0 amide bonds. The Kier molecular flexibility index (Phi) is 5.49. The van der Waals surface area contributed by atoms with E-state index in [0.29, 0.717) is 24.5 Å². The molecule has 1 aromatic rings. The first-order valence-electron chi connectivity index (χ1n) is 5.71. The van der Waals surface area contributed by atoms with Crippen molar-refractivity contribution in [3.8, 4) is 5.75 Å². The third-order valence-electron chi connectivity index (χ3n) is 2.48. The number of benzene rings is 1. The number of carbonyl (C=O) groups excluding carboxylic acids is 1. The maximum atomic E-state index is 11.5. The van der Waals surface area contributed by atoms with Gasteiger partial charge in [0.2, 0.25) is 0 Å². The van der Waals surface area contributed by atoms with Crippen LogP contribution in [0.1, 0.15) is 28.8 Å². The summed E-state index contributed by atoms with van der Waals surface area (Å²) in [6.45, 7) is 3.15. The van der Waals surface area contributed by atoms with Gasteiger partial charge in [-0.05, 0) is 44.0 Å². The molecule has 4 heteroatoms. The van der Waals surface area contributed by atoms with Crippen LogP contribution in [0.3, 0.4) is 0 Å². The monoisotopic (exact) mass is 237 g/mol. The van der Waals surface area contributed by atoms with E-state index >= 15 is 0 Å². The third-order valence-corrected chi connectivity index (χ3v) is 2.48. The quantitative estimate of drug-likeness (QED) is 0.606. The molecule has 1 aromatic carbocycles. The van der Waals surface area contributed by atoms with Gasteiger partial charge in [-0.2, -0.15) is 0 Å². The Morgan fingerprint density at radius 2 is 2.12 bits per heavy atom. The molecule has 0 spiro atoms. The van der Waals surface area contributed by atoms with Crippen LogP contribution in [-0.2, 0) is 4.74 Å². The second kappa shape index (κ2) is 6.91. The largest absolute Gasteiger partial charge is 0.494 e. The topological polar surface area (TPSA) is 61.5 Å². The van der Waals surface area contributed by atoms with Crippen LogP contribution in [0.25, 0.3) is 0 Å². The number of ether oxygens (including phenoxy) is 2. The van der Waals surface area contributed by atoms with Gasteiger partial charge in [-0.1, -0.05) is 6.07 Å². The number of carbonyl (C=O) groups is 1. The first kappa shape index (κ1) is 13.5. The van der Waals surface area contributed by atoms with E-state index in [1.165, 1.54) is 7.11 Å². The number of rotatable bonds is 6. The molecular weight excluding hydrogens is 218 g/mol. The minimum Gasteiger partial charge on any atom is -0.494 e. The van der Waals surface area contributed by atoms with Crippen molar-refractivity contribution >= 4 is 5.97 Å². The van der Waals surface area contributed by atoms with Gasteiger partial charge in [0.25, 0.3) is 0 Å².